The highest BCUT2D eigenvalue weighted by atomic mass is 19.2. The van der Waals surface area contributed by atoms with E-state index in [1.807, 2.05) is 6.92 Å². The van der Waals surface area contributed by atoms with E-state index in [0.29, 0.717) is 29.4 Å². The number of H-pyrrole nitrogens is 1. The van der Waals surface area contributed by atoms with E-state index in [2.05, 4.69) is 15.3 Å². The molecule has 20 heavy (non-hydrogen) atoms. The first-order chi connectivity index (χ1) is 9.52. The first-order valence-electron chi connectivity index (χ1n) is 5.89. The molecule has 0 aliphatic rings. The van der Waals surface area contributed by atoms with Crippen LogP contribution in [0.3, 0.4) is 0 Å². The molecular formula is C12H10F3N5. The lowest BCUT2D eigenvalue weighted by Crippen LogP contribution is -2.03. The minimum Gasteiger partial charge on any atom is -0.383 e. The van der Waals surface area contributed by atoms with Crippen molar-refractivity contribution in [2.24, 2.45) is 0 Å². The summed E-state index contributed by atoms with van der Waals surface area (Å²) in [6.45, 7) is 1.85. The number of hydrogen-bond donors (Lipinski definition) is 2. The van der Waals surface area contributed by atoms with Gasteiger partial charge < -0.3 is 5.73 Å². The van der Waals surface area contributed by atoms with Crippen LogP contribution in [-0.2, 0) is 6.42 Å². The Labute approximate surface area is 111 Å². The number of fused-ring (bicyclic) bond motifs is 1. The molecule has 0 aliphatic carbocycles. The van der Waals surface area contributed by atoms with Crippen molar-refractivity contribution >= 4 is 16.9 Å². The molecule has 0 fully saturated rings. The second-order valence-electron chi connectivity index (χ2n) is 4.27. The van der Waals surface area contributed by atoms with Crippen molar-refractivity contribution < 1.29 is 13.2 Å². The molecule has 3 rings (SSSR count). The zero-order valence-corrected chi connectivity index (χ0v) is 10.4. The van der Waals surface area contributed by atoms with E-state index < -0.39 is 17.5 Å². The van der Waals surface area contributed by atoms with Crippen molar-refractivity contribution in [3.8, 4) is 5.69 Å². The highest BCUT2D eigenvalue weighted by molar-refractivity contribution is 5.89. The molecule has 0 saturated carbocycles. The van der Waals surface area contributed by atoms with Crippen LogP contribution in [0.1, 0.15) is 12.6 Å². The molecule has 0 saturated heterocycles. The summed E-state index contributed by atoms with van der Waals surface area (Å²) >= 11 is 0. The second-order valence-corrected chi connectivity index (χ2v) is 4.27. The number of rotatable bonds is 2. The fraction of sp³-hybridized carbons (Fsp3) is 0.167. The number of nitrogens with one attached hydrogen (secondary N) is 1. The van der Waals surface area contributed by atoms with Crippen molar-refractivity contribution in [1.82, 2.24) is 20.0 Å². The van der Waals surface area contributed by atoms with Gasteiger partial charge in [0.25, 0.3) is 0 Å². The van der Waals surface area contributed by atoms with Gasteiger partial charge >= 0.3 is 0 Å². The third-order valence-corrected chi connectivity index (χ3v) is 3.04. The summed E-state index contributed by atoms with van der Waals surface area (Å²) in [5.41, 5.74) is 6.38. The Morgan fingerprint density at radius 1 is 1.20 bits per heavy atom. The maximum absolute atomic E-state index is 13.8. The van der Waals surface area contributed by atoms with E-state index in [4.69, 9.17) is 5.73 Å². The van der Waals surface area contributed by atoms with Crippen LogP contribution in [0.5, 0.6) is 0 Å². The van der Waals surface area contributed by atoms with Gasteiger partial charge in [-0.1, -0.05) is 6.92 Å². The Bertz CT molecular complexity index is 805. The average Bonchev–Trinajstić information content (AvgIpc) is 2.95. The quantitative estimate of drug-likeness (QED) is 0.708. The highest BCUT2D eigenvalue weighted by Crippen LogP contribution is 2.27. The molecule has 0 spiro atoms. The Kier molecular flexibility index (Phi) is 2.66. The molecule has 0 amide bonds. The highest BCUT2D eigenvalue weighted by Gasteiger charge is 2.20. The van der Waals surface area contributed by atoms with E-state index in [1.165, 1.54) is 0 Å². The van der Waals surface area contributed by atoms with Crippen molar-refractivity contribution in [2.45, 2.75) is 13.3 Å². The minimum absolute atomic E-state index is 0.222. The Morgan fingerprint density at radius 2 is 1.90 bits per heavy atom. The van der Waals surface area contributed by atoms with Crippen LogP contribution in [0.15, 0.2) is 12.1 Å². The van der Waals surface area contributed by atoms with E-state index >= 15 is 0 Å². The smallest absolute Gasteiger partial charge is 0.186 e. The normalized spacial score (nSPS) is 11.4. The van der Waals surface area contributed by atoms with Crippen molar-refractivity contribution in [1.29, 1.82) is 0 Å². The van der Waals surface area contributed by atoms with E-state index in [0.717, 1.165) is 10.7 Å². The molecule has 0 bridgehead atoms. The molecule has 104 valence electrons. The lowest BCUT2D eigenvalue weighted by atomic mass is 10.2. The molecule has 5 nitrogen and oxygen atoms in total. The summed E-state index contributed by atoms with van der Waals surface area (Å²) in [4.78, 5) is 0. The molecule has 3 N–H and O–H groups in total. The fourth-order valence-corrected chi connectivity index (χ4v) is 2.09. The number of benzene rings is 1. The van der Waals surface area contributed by atoms with Gasteiger partial charge in [-0.15, -0.1) is 0 Å². The standard InChI is InChI=1S/C12H10F3N5/c1-2-8-10-11(16)17-18-12(10)20(19-8)9-4-6(14)5(13)3-7(9)15/h3-4H,2H2,1H3,(H3,16,17,18). The Hall–Kier alpha value is -2.51. The number of aromatic nitrogens is 4. The van der Waals surface area contributed by atoms with Crippen molar-refractivity contribution in [3.05, 3.63) is 35.3 Å². The second kappa shape index (κ2) is 4.26. The molecule has 3 aromatic rings. The van der Waals surface area contributed by atoms with Gasteiger partial charge in [0.1, 0.15) is 11.5 Å². The Balaban J connectivity index is 2.33. The fourth-order valence-electron chi connectivity index (χ4n) is 2.09. The average molecular weight is 281 g/mol. The maximum Gasteiger partial charge on any atom is 0.186 e. The SMILES string of the molecule is CCc1nn(-c2cc(F)c(F)cc2F)c2n[nH]c(N)c12. The first kappa shape index (κ1) is 12.5. The van der Waals surface area contributed by atoms with Crippen LogP contribution in [0, 0.1) is 17.5 Å². The largest absolute Gasteiger partial charge is 0.383 e. The first-order valence-corrected chi connectivity index (χ1v) is 5.89. The van der Waals surface area contributed by atoms with Gasteiger partial charge in [0.15, 0.2) is 23.1 Å². The number of nitrogens with zero attached hydrogens (tertiary/aromatic N) is 3. The molecule has 0 atom stereocenters. The van der Waals surface area contributed by atoms with Crippen LogP contribution < -0.4 is 5.73 Å². The molecule has 1 aromatic carbocycles. The number of aryl methyl sites for hydroxylation is 1. The van der Waals surface area contributed by atoms with Gasteiger partial charge in [-0.3, -0.25) is 5.10 Å². The van der Waals surface area contributed by atoms with Gasteiger partial charge in [0, 0.05) is 12.1 Å². The predicted molar refractivity (Wildman–Crippen MR) is 66.9 cm³/mol. The van der Waals surface area contributed by atoms with Gasteiger partial charge in [-0.2, -0.15) is 10.2 Å². The number of nitrogens with two attached hydrogens (primary N) is 1. The van der Waals surface area contributed by atoms with E-state index in [1.54, 1.807) is 0 Å². The minimum atomic E-state index is -1.26. The molecule has 0 unspecified atom stereocenters. The summed E-state index contributed by atoms with van der Waals surface area (Å²) in [6.07, 6.45) is 0.540. The van der Waals surface area contributed by atoms with Crippen LogP contribution in [0.25, 0.3) is 16.7 Å². The molecule has 0 radical (unpaired) electrons. The predicted octanol–water partition coefficient (Wildman–Crippen LogP) is 2.31. The van der Waals surface area contributed by atoms with E-state index in [-0.39, 0.29) is 11.3 Å². The summed E-state index contributed by atoms with van der Waals surface area (Å²) in [6, 6.07) is 1.21. The van der Waals surface area contributed by atoms with Crippen LogP contribution >= 0.6 is 0 Å². The van der Waals surface area contributed by atoms with Gasteiger partial charge in [-0.05, 0) is 6.42 Å². The summed E-state index contributed by atoms with van der Waals surface area (Å²) in [5.74, 6) is -3.05. The van der Waals surface area contributed by atoms with Crippen molar-refractivity contribution in [2.75, 3.05) is 5.73 Å². The number of nitrogen functional groups attached to an aromatic ring is 1. The van der Waals surface area contributed by atoms with Crippen LogP contribution in [0.2, 0.25) is 0 Å². The molecule has 2 heterocycles. The lowest BCUT2D eigenvalue weighted by molar-refractivity contribution is 0.491. The summed E-state index contributed by atoms with van der Waals surface area (Å²) in [7, 11) is 0. The maximum atomic E-state index is 13.8. The zero-order valence-electron chi connectivity index (χ0n) is 10.4. The number of anilines is 1. The zero-order chi connectivity index (χ0) is 14.4. The Morgan fingerprint density at radius 3 is 2.60 bits per heavy atom. The summed E-state index contributed by atoms with van der Waals surface area (Å²) < 4.78 is 41.2. The molecular weight excluding hydrogens is 271 g/mol. The molecule has 8 heteroatoms. The molecule has 0 aliphatic heterocycles. The topological polar surface area (TPSA) is 72.5 Å². The van der Waals surface area contributed by atoms with Crippen LogP contribution in [0.4, 0.5) is 19.0 Å². The van der Waals surface area contributed by atoms with Gasteiger partial charge in [-0.25, -0.2) is 17.9 Å². The number of aromatic amines is 1. The van der Waals surface area contributed by atoms with Crippen molar-refractivity contribution in [3.63, 3.8) is 0 Å². The van der Waals surface area contributed by atoms with Crippen LogP contribution in [-0.4, -0.2) is 20.0 Å². The monoisotopic (exact) mass is 281 g/mol. The number of halogens is 3. The summed E-state index contributed by atoms with van der Waals surface area (Å²) in [5, 5.41) is 11.2. The molecule has 2 aromatic heterocycles. The van der Waals surface area contributed by atoms with Gasteiger partial charge in [0.05, 0.1) is 11.1 Å². The lowest BCUT2D eigenvalue weighted by Gasteiger charge is -2.04. The number of hydrogen-bond acceptors (Lipinski definition) is 3. The van der Waals surface area contributed by atoms with Gasteiger partial charge in [0.2, 0.25) is 0 Å². The third-order valence-electron chi connectivity index (χ3n) is 3.04. The van der Waals surface area contributed by atoms with E-state index in [9.17, 15) is 13.2 Å². The third kappa shape index (κ3) is 1.64.